The SMILES string of the molecule is C(=N\c1nc(-c2ccccc2)cs1)/c1cccs1. The number of aliphatic imine (C=N–C) groups is 1. The van der Waals surface area contributed by atoms with Gasteiger partial charge in [-0.25, -0.2) is 9.98 Å². The number of aromatic nitrogens is 1. The Balaban J connectivity index is 1.82. The molecule has 0 unspecified atom stereocenters. The molecule has 0 bridgehead atoms. The second kappa shape index (κ2) is 5.25. The normalized spacial score (nSPS) is 11.1. The predicted molar refractivity (Wildman–Crippen MR) is 79.1 cm³/mol. The highest BCUT2D eigenvalue weighted by atomic mass is 32.1. The molecule has 3 rings (SSSR count). The van der Waals surface area contributed by atoms with E-state index in [-0.39, 0.29) is 0 Å². The maximum Gasteiger partial charge on any atom is 0.209 e. The molecular weight excluding hydrogens is 260 g/mol. The van der Waals surface area contributed by atoms with Gasteiger partial charge in [-0.15, -0.1) is 22.7 Å². The number of benzene rings is 1. The number of hydrogen-bond donors (Lipinski definition) is 0. The molecule has 0 saturated carbocycles. The van der Waals surface area contributed by atoms with Crippen molar-refractivity contribution in [2.24, 2.45) is 4.99 Å². The topological polar surface area (TPSA) is 25.2 Å². The van der Waals surface area contributed by atoms with Crippen LogP contribution in [-0.2, 0) is 0 Å². The van der Waals surface area contributed by atoms with E-state index in [9.17, 15) is 0 Å². The lowest BCUT2D eigenvalue weighted by molar-refractivity contribution is 1.36. The van der Waals surface area contributed by atoms with E-state index in [1.54, 1.807) is 22.7 Å². The van der Waals surface area contributed by atoms with Gasteiger partial charge in [-0.2, -0.15) is 0 Å². The smallest absolute Gasteiger partial charge is 0.209 e. The molecule has 0 atom stereocenters. The van der Waals surface area contributed by atoms with Crippen molar-refractivity contribution >= 4 is 34.0 Å². The highest BCUT2D eigenvalue weighted by Crippen LogP contribution is 2.26. The van der Waals surface area contributed by atoms with Crippen molar-refractivity contribution < 1.29 is 0 Å². The summed E-state index contributed by atoms with van der Waals surface area (Å²) in [5, 5.41) is 4.87. The second-order valence-electron chi connectivity index (χ2n) is 3.65. The lowest BCUT2D eigenvalue weighted by Gasteiger charge is -1.93. The fourth-order valence-corrected chi connectivity index (χ4v) is 2.80. The summed E-state index contributed by atoms with van der Waals surface area (Å²) in [7, 11) is 0. The molecule has 88 valence electrons. The van der Waals surface area contributed by atoms with Crippen LogP contribution in [0.2, 0.25) is 0 Å². The average Bonchev–Trinajstić information content (AvgIpc) is 3.09. The van der Waals surface area contributed by atoms with E-state index in [0.29, 0.717) is 0 Å². The molecule has 0 radical (unpaired) electrons. The van der Waals surface area contributed by atoms with Crippen molar-refractivity contribution in [2.45, 2.75) is 0 Å². The van der Waals surface area contributed by atoms with Gasteiger partial charge < -0.3 is 0 Å². The fourth-order valence-electron chi connectivity index (χ4n) is 1.55. The van der Waals surface area contributed by atoms with Crippen molar-refractivity contribution in [3.05, 3.63) is 58.1 Å². The quantitative estimate of drug-likeness (QED) is 0.637. The lowest BCUT2D eigenvalue weighted by Crippen LogP contribution is -1.75. The van der Waals surface area contributed by atoms with E-state index in [0.717, 1.165) is 21.3 Å². The molecule has 0 aliphatic rings. The van der Waals surface area contributed by atoms with Gasteiger partial charge in [-0.1, -0.05) is 36.4 Å². The standard InChI is InChI=1S/C14H10N2S2/c1-2-5-11(6-3-1)13-10-18-14(16-13)15-9-12-7-4-8-17-12/h1-10H/b15-9+. The van der Waals surface area contributed by atoms with Gasteiger partial charge in [0.05, 0.1) is 5.69 Å². The number of thiophene rings is 1. The molecule has 2 nitrogen and oxygen atoms in total. The third-order valence-electron chi connectivity index (χ3n) is 2.41. The summed E-state index contributed by atoms with van der Waals surface area (Å²) in [6.45, 7) is 0. The van der Waals surface area contributed by atoms with Crippen LogP contribution in [0.15, 0.2) is 58.2 Å². The molecule has 3 aromatic rings. The van der Waals surface area contributed by atoms with Gasteiger partial charge in [-0.3, -0.25) is 0 Å². The van der Waals surface area contributed by atoms with Gasteiger partial charge in [-0.05, 0) is 11.4 Å². The summed E-state index contributed by atoms with van der Waals surface area (Å²) in [6, 6.07) is 14.2. The first-order valence-corrected chi connectivity index (χ1v) is 7.26. The van der Waals surface area contributed by atoms with Gasteiger partial charge >= 0.3 is 0 Å². The molecule has 2 heterocycles. The fraction of sp³-hybridized carbons (Fsp3) is 0. The van der Waals surface area contributed by atoms with Crippen LogP contribution in [0.3, 0.4) is 0 Å². The van der Waals surface area contributed by atoms with Crippen molar-refractivity contribution in [1.29, 1.82) is 0 Å². The Labute approximate surface area is 113 Å². The Morgan fingerprint density at radius 1 is 1.00 bits per heavy atom. The van der Waals surface area contributed by atoms with Crippen molar-refractivity contribution in [3.8, 4) is 11.3 Å². The molecule has 0 N–H and O–H groups in total. The van der Waals surface area contributed by atoms with Crippen LogP contribution in [0.25, 0.3) is 11.3 Å². The molecule has 1 aromatic carbocycles. The maximum absolute atomic E-state index is 4.51. The molecule has 0 fully saturated rings. The molecule has 0 spiro atoms. The molecule has 0 saturated heterocycles. The minimum atomic E-state index is 0.794. The summed E-state index contributed by atoms with van der Waals surface area (Å²) in [4.78, 5) is 10.0. The zero-order valence-electron chi connectivity index (χ0n) is 9.48. The summed E-state index contributed by atoms with van der Waals surface area (Å²) in [5.74, 6) is 0. The van der Waals surface area contributed by atoms with E-state index in [1.807, 2.05) is 47.3 Å². The zero-order valence-corrected chi connectivity index (χ0v) is 11.1. The van der Waals surface area contributed by atoms with E-state index in [2.05, 4.69) is 22.1 Å². The van der Waals surface area contributed by atoms with E-state index in [4.69, 9.17) is 0 Å². The van der Waals surface area contributed by atoms with Gasteiger partial charge in [0, 0.05) is 22.0 Å². The zero-order chi connectivity index (χ0) is 12.2. The molecule has 2 aromatic heterocycles. The molecule has 0 amide bonds. The highest BCUT2D eigenvalue weighted by Gasteiger charge is 2.02. The van der Waals surface area contributed by atoms with Crippen molar-refractivity contribution in [1.82, 2.24) is 4.98 Å². The molecule has 4 heteroatoms. The number of rotatable bonds is 3. The van der Waals surface area contributed by atoms with Crippen LogP contribution < -0.4 is 0 Å². The summed E-state index contributed by atoms with van der Waals surface area (Å²) in [6.07, 6.45) is 1.86. The largest absolute Gasteiger partial charge is 0.226 e. The Morgan fingerprint density at radius 2 is 1.89 bits per heavy atom. The van der Waals surface area contributed by atoms with Crippen LogP contribution in [0.4, 0.5) is 5.13 Å². The second-order valence-corrected chi connectivity index (χ2v) is 5.47. The van der Waals surface area contributed by atoms with Crippen LogP contribution in [0.1, 0.15) is 4.88 Å². The van der Waals surface area contributed by atoms with Gasteiger partial charge in [0.15, 0.2) is 0 Å². The first-order valence-electron chi connectivity index (χ1n) is 5.50. The Morgan fingerprint density at radius 3 is 2.67 bits per heavy atom. The monoisotopic (exact) mass is 270 g/mol. The molecule has 0 aliphatic carbocycles. The van der Waals surface area contributed by atoms with Crippen LogP contribution in [0, 0.1) is 0 Å². The maximum atomic E-state index is 4.51. The number of nitrogens with zero attached hydrogens (tertiary/aromatic N) is 2. The predicted octanol–water partition coefficient (Wildman–Crippen LogP) is 4.62. The van der Waals surface area contributed by atoms with Crippen molar-refractivity contribution in [3.63, 3.8) is 0 Å². The number of thiazole rings is 1. The van der Waals surface area contributed by atoms with E-state index in [1.165, 1.54) is 0 Å². The minimum Gasteiger partial charge on any atom is -0.226 e. The highest BCUT2D eigenvalue weighted by molar-refractivity contribution is 7.14. The van der Waals surface area contributed by atoms with Crippen LogP contribution >= 0.6 is 22.7 Å². The molecule has 18 heavy (non-hydrogen) atoms. The average molecular weight is 270 g/mol. The van der Waals surface area contributed by atoms with Gasteiger partial charge in [0.25, 0.3) is 0 Å². The Bertz CT molecular complexity index is 640. The Kier molecular flexibility index (Phi) is 3.30. The van der Waals surface area contributed by atoms with Crippen LogP contribution in [-0.4, -0.2) is 11.2 Å². The van der Waals surface area contributed by atoms with Gasteiger partial charge in [0.1, 0.15) is 0 Å². The summed E-state index contributed by atoms with van der Waals surface area (Å²) < 4.78 is 0. The first-order chi connectivity index (χ1) is 8.92. The first kappa shape index (κ1) is 11.3. The van der Waals surface area contributed by atoms with E-state index >= 15 is 0 Å². The summed E-state index contributed by atoms with van der Waals surface area (Å²) >= 11 is 3.23. The van der Waals surface area contributed by atoms with Crippen LogP contribution in [0.5, 0.6) is 0 Å². The Hall–Kier alpha value is -1.78. The molecule has 0 aliphatic heterocycles. The van der Waals surface area contributed by atoms with E-state index < -0.39 is 0 Å². The molecular formula is C14H10N2S2. The number of hydrogen-bond acceptors (Lipinski definition) is 4. The third-order valence-corrected chi connectivity index (χ3v) is 3.96. The summed E-state index contributed by atoms with van der Waals surface area (Å²) in [5.41, 5.74) is 2.12. The van der Waals surface area contributed by atoms with Gasteiger partial charge in [0.2, 0.25) is 5.13 Å². The van der Waals surface area contributed by atoms with Crippen molar-refractivity contribution in [2.75, 3.05) is 0 Å². The third kappa shape index (κ3) is 2.55. The minimum absolute atomic E-state index is 0.794. The lowest BCUT2D eigenvalue weighted by atomic mass is 10.2.